The Morgan fingerprint density at radius 1 is 1.29 bits per heavy atom. The van der Waals surface area contributed by atoms with Gasteiger partial charge in [-0.1, -0.05) is 30.0 Å². The van der Waals surface area contributed by atoms with Crippen LogP contribution < -0.4 is 5.32 Å². The van der Waals surface area contributed by atoms with E-state index < -0.39 is 0 Å². The quantitative estimate of drug-likeness (QED) is 0.267. The molecule has 0 radical (unpaired) electrons. The predicted molar refractivity (Wildman–Crippen MR) is 115 cm³/mol. The molecule has 0 saturated carbocycles. The van der Waals surface area contributed by atoms with Crippen molar-refractivity contribution < 1.29 is 9.53 Å². The van der Waals surface area contributed by atoms with E-state index >= 15 is 0 Å². The molecule has 6 nitrogen and oxygen atoms in total. The number of thiophene rings is 1. The molecule has 3 aromatic heterocycles. The number of hydrogen-bond donors (Lipinski definition) is 1. The Labute approximate surface area is 170 Å². The lowest BCUT2D eigenvalue weighted by Crippen LogP contribution is -2.26. The number of hydrogen-bond acceptors (Lipinski definition) is 7. The molecule has 0 bridgehead atoms. The molecular formula is C20H20N4O2S2. The molecule has 0 spiro atoms. The molecule has 0 saturated heterocycles. The van der Waals surface area contributed by atoms with Crippen LogP contribution in [-0.2, 0) is 9.53 Å². The second kappa shape index (κ2) is 8.81. The third-order valence-corrected chi connectivity index (χ3v) is 6.46. The Balaban J connectivity index is 1.51. The molecule has 1 N–H and O–H groups in total. The van der Waals surface area contributed by atoms with E-state index in [2.05, 4.69) is 27.4 Å². The van der Waals surface area contributed by atoms with Crippen molar-refractivity contribution in [3.05, 3.63) is 36.7 Å². The van der Waals surface area contributed by atoms with Crippen LogP contribution in [0.5, 0.6) is 0 Å². The first-order valence-corrected chi connectivity index (χ1v) is 11.0. The van der Waals surface area contributed by atoms with Gasteiger partial charge < -0.3 is 10.1 Å². The van der Waals surface area contributed by atoms with Gasteiger partial charge >= 0.3 is 0 Å². The number of carbonyl (C=O) groups is 1. The fraction of sp³-hybridized carbons (Fsp3) is 0.300. The number of aromatic nitrogens is 3. The SMILES string of the molecule is CCOCCCNC(=O)CSc1ncnc2c1sc1nc3ccccc3cc12. The van der Waals surface area contributed by atoms with Crippen LogP contribution in [0.3, 0.4) is 0 Å². The number of pyridine rings is 1. The van der Waals surface area contributed by atoms with Gasteiger partial charge in [-0.25, -0.2) is 15.0 Å². The summed E-state index contributed by atoms with van der Waals surface area (Å²) in [6.07, 6.45) is 2.38. The van der Waals surface area contributed by atoms with Gasteiger partial charge in [0.2, 0.25) is 5.91 Å². The number of nitrogens with one attached hydrogen (secondary N) is 1. The highest BCUT2D eigenvalue weighted by molar-refractivity contribution is 8.00. The zero-order valence-electron chi connectivity index (χ0n) is 15.5. The van der Waals surface area contributed by atoms with E-state index in [-0.39, 0.29) is 5.91 Å². The van der Waals surface area contributed by atoms with Crippen molar-refractivity contribution in [1.29, 1.82) is 0 Å². The highest BCUT2D eigenvalue weighted by atomic mass is 32.2. The van der Waals surface area contributed by atoms with Gasteiger partial charge in [-0.3, -0.25) is 4.79 Å². The van der Waals surface area contributed by atoms with E-state index in [0.29, 0.717) is 25.5 Å². The molecule has 0 unspecified atom stereocenters. The third kappa shape index (κ3) is 4.09. The number of fused-ring (bicyclic) bond motifs is 4. The maximum Gasteiger partial charge on any atom is 0.230 e. The zero-order valence-corrected chi connectivity index (χ0v) is 17.1. The first-order valence-electron chi connectivity index (χ1n) is 9.16. The van der Waals surface area contributed by atoms with Crippen LogP contribution in [0.15, 0.2) is 41.7 Å². The fourth-order valence-electron chi connectivity index (χ4n) is 2.92. The predicted octanol–water partition coefficient (Wildman–Crippen LogP) is 4.03. The molecule has 0 aliphatic carbocycles. The normalized spacial score (nSPS) is 11.5. The summed E-state index contributed by atoms with van der Waals surface area (Å²) in [4.78, 5) is 26.7. The number of thioether (sulfide) groups is 1. The van der Waals surface area contributed by atoms with Gasteiger partial charge in [0.15, 0.2) is 0 Å². The maximum atomic E-state index is 12.1. The minimum atomic E-state index is -0.00163. The third-order valence-electron chi connectivity index (χ3n) is 4.25. The summed E-state index contributed by atoms with van der Waals surface area (Å²) in [6, 6.07) is 10.2. The Morgan fingerprint density at radius 2 is 2.18 bits per heavy atom. The number of nitrogens with zero attached hydrogens (tertiary/aromatic N) is 3. The van der Waals surface area contributed by atoms with Gasteiger partial charge in [-0.05, 0) is 25.5 Å². The van der Waals surface area contributed by atoms with Crippen molar-refractivity contribution >= 4 is 60.3 Å². The van der Waals surface area contributed by atoms with Crippen molar-refractivity contribution in [3.8, 4) is 0 Å². The molecule has 1 aromatic carbocycles. The van der Waals surface area contributed by atoms with Gasteiger partial charge in [0, 0.05) is 30.5 Å². The second-order valence-electron chi connectivity index (χ2n) is 6.18. The molecule has 4 rings (SSSR count). The van der Waals surface area contributed by atoms with Crippen molar-refractivity contribution in [2.45, 2.75) is 18.4 Å². The van der Waals surface area contributed by atoms with Crippen molar-refractivity contribution in [3.63, 3.8) is 0 Å². The second-order valence-corrected chi connectivity index (χ2v) is 8.14. The Kier molecular flexibility index (Phi) is 5.99. The maximum absolute atomic E-state index is 12.1. The smallest absolute Gasteiger partial charge is 0.230 e. The zero-order chi connectivity index (χ0) is 19.3. The highest BCUT2D eigenvalue weighted by Gasteiger charge is 2.14. The van der Waals surface area contributed by atoms with Crippen LogP contribution in [0.2, 0.25) is 0 Å². The van der Waals surface area contributed by atoms with Crippen molar-refractivity contribution in [1.82, 2.24) is 20.3 Å². The van der Waals surface area contributed by atoms with Crippen molar-refractivity contribution in [2.24, 2.45) is 0 Å². The van der Waals surface area contributed by atoms with Crippen LogP contribution in [-0.4, -0.2) is 46.4 Å². The van der Waals surface area contributed by atoms with E-state index in [4.69, 9.17) is 9.72 Å². The average Bonchev–Trinajstić information content (AvgIpc) is 3.08. The minimum absolute atomic E-state index is 0.00163. The molecule has 28 heavy (non-hydrogen) atoms. The number of carbonyl (C=O) groups excluding carboxylic acids is 1. The molecule has 0 aliphatic heterocycles. The van der Waals surface area contributed by atoms with Gasteiger partial charge in [0.1, 0.15) is 16.2 Å². The van der Waals surface area contributed by atoms with E-state index in [9.17, 15) is 4.79 Å². The van der Waals surface area contributed by atoms with Crippen LogP contribution >= 0.6 is 23.1 Å². The lowest BCUT2D eigenvalue weighted by Gasteiger charge is -2.05. The number of rotatable bonds is 8. The number of para-hydroxylation sites is 1. The molecule has 0 atom stereocenters. The van der Waals surface area contributed by atoms with Gasteiger partial charge in [-0.15, -0.1) is 11.3 Å². The average molecular weight is 413 g/mol. The van der Waals surface area contributed by atoms with Crippen LogP contribution in [0, 0.1) is 0 Å². The first kappa shape index (κ1) is 19.0. The highest BCUT2D eigenvalue weighted by Crippen LogP contribution is 2.37. The van der Waals surface area contributed by atoms with Crippen LogP contribution in [0.1, 0.15) is 13.3 Å². The van der Waals surface area contributed by atoms with Gasteiger partial charge in [0.25, 0.3) is 0 Å². The number of amides is 1. The summed E-state index contributed by atoms with van der Waals surface area (Å²) >= 11 is 3.01. The number of ether oxygens (including phenoxy) is 1. The van der Waals surface area contributed by atoms with Gasteiger partial charge in [-0.2, -0.15) is 0 Å². The largest absolute Gasteiger partial charge is 0.382 e. The minimum Gasteiger partial charge on any atom is -0.382 e. The molecular weight excluding hydrogens is 392 g/mol. The lowest BCUT2D eigenvalue weighted by molar-refractivity contribution is -0.118. The summed E-state index contributed by atoms with van der Waals surface area (Å²) < 4.78 is 6.25. The van der Waals surface area contributed by atoms with E-state index in [0.717, 1.165) is 42.8 Å². The molecule has 1 amide bonds. The molecule has 4 aromatic rings. The molecule has 8 heteroatoms. The van der Waals surface area contributed by atoms with Crippen LogP contribution in [0.25, 0.3) is 31.3 Å². The summed E-state index contributed by atoms with van der Waals surface area (Å²) in [7, 11) is 0. The Hall–Kier alpha value is -2.29. The summed E-state index contributed by atoms with van der Waals surface area (Å²) in [5, 5.41) is 5.86. The molecule has 144 valence electrons. The summed E-state index contributed by atoms with van der Waals surface area (Å²) in [5.74, 6) is 0.322. The Morgan fingerprint density at radius 3 is 3.07 bits per heavy atom. The standard InChI is InChI=1S/C20H20N4O2S2/c1-2-26-9-5-8-21-16(25)11-27-20-18-17(22-12-23-20)14-10-13-6-3-4-7-15(13)24-19(14)28-18/h3-4,6-7,10,12H,2,5,8-9,11H2,1H3,(H,21,25). The number of benzene rings is 1. The topological polar surface area (TPSA) is 77.0 Å². The fourth-order valence-corrected chi connectivity index (χ4v) is 4.94. The first-order chi connectivity index (χ1) is 13.8. The monoisotopic (exact) mass is 412 g/mol. The lowest BCUT2D eigenvalue weighted by atomic mass is 10.2. The van der Waals surface area contributed by atoms with E-state index in [1.165, 1.54) is 11.8 Å². The molecule has 0 aliphatic rings. The summed E-state index contributed by atoms with van der Waals surface area (Å²) in [6.45, 7) is 3.95. The van der Waals surface area contributed by atoms with Crippen molar-refractivity contribution in [2.75, 3.05) is 25.5 Å². The van der Waals surface area contributed by atoms with E-state index in [1.807, 2.05) is 25.1 Å². The van der Waals surface area contributed by atoms with Gasteiger partial charge in [0.05, 0.1) is 21.5 Å². The molecule has 3 heterocycles. The molecule has 0 fully saturated rings. The summed E-state index contributed by atoms with van der Waals surface area (Å²) in [5.41, 5.74) is 1.86. The van der Waals surface area contributed by atoms with Crippen LogP contribution in [0.4, 0.5) is 0 Å². The van der Waals surface area contributed by atoms with E-state index in [1.54, 1.807) is 17.7 Å². The Bertz CT molecular complexity index is 1130.